The SMILES string of the molecule is C/C=C/c1ccccc1Oc1cc(C)nc(NCCC)n1. The van der Waals surface area contributed by atoms with Gasteiger partial charge >= 0.3 is 0 Å². The van der Waals surface area contributed by atoms with Crippen LogP contribution in [0.4, 0.5) is 5.95 Å². The highest BCUT2D eigenvalue weighted by atomic mass is 16.5. The molecule has 0 bridgehead atoms. The van der Waals surface area contributed by atoms with E-state index in [2.05, 4.69) is 22.2 Å². The van der Waals surface area contributed by atoms with Crippen LogP contribution in [0.15, 0.2) is 36.4 Å². The highest BCUT2D eigenvalue weighted by Crippen LogP contribution is 2.25. The van der Waals surface area contributed by atoms with Crippen LogP contribution in [0.3, 0.4) is 0 Å². The molecule has 0 aliphatic rings. The van der Waals surface area contributed by atoms with E-state index in [0.29, 0.717) is 11.8 Å². The minimum atomic E-state index is 0.554. The van der Waals surface area contributed by atoms with Crippen molar-refractivity contribution in [2.24, 2.45) is 0 Å². The van der Waals surface area contributed by atoms with Crippen molar-refractivity contribution in [1.29, 1.82) is 0 Å². The molecule has 110 valence electrons. The maximum atomic E-state index is 5.92. The van der Waals surface area contributed by atoms with Gasteiger partial charge in [-0.1, -0.05) is 37.3 Å². The lowest BCUT2D eigenvalue weighted by Gasteiger charge is -2.10. The molecule has 0 spiro atoms. The van der Waals surface area contributed by atoms with Gasteiger partial charge in [-0.05, 0) is 26.3 Å². The molecule has 1 N–H and O–H groups in total. The summed E-state index contributed by atoms with van der Waals surface area (Å²) >= 11 is 0. The van der Waals surface area contributed by atoms with Crippen molar-refractivity contribution in [2.75, 3.05) is 11.9 Å². The summed E-state index contributed by atoms with van der Waals surface area (Å²) in [6.07, 6.45) is 5.03. The lowest BCUT2D eigenvalue weighted by Crippen LogP contribution is -2.05. The van der Waals surface area contributed by atoms with Crippen molar-refractivity contribution >= 4 is 12.0 Å². The first-order chi connectivity index (χ1) is 10.2. The summed E-state index contributed by atoms with van der Waals surface area (Å²) in [7, 11) is 0. The van der Waals surface area contributed by atoms with E-state index in [1.54, 1.807) is 0 Å². The van der Waals surface area contributed by atoms with E-state index in [0.717, 1.165) is 30.0 Å². The number of nitrogens with one attached hydrogen (secondary N) is 1. The highest BCUT2D eigenvalue weighted by Gasteiger charge is 2.06. The fraction of sp³-hybridized carbons (Fsp3) is 0.294. The Balaban J connectivity index is 2.25. The Hall–Kier alpha value is -2.36. The average molecular weight is 283 g/mol. The predicted molar refractivity (Wildman–Crippen MR) is 86.8 cm³/mol. The van der Waals surface area contributed by atoms with Crippen molar-refractivity contribution in [3.63, 3.8) is 0 Å². The summed E-state index contributed by atoms with van der Waals surface area (Å²) in [5, 5.41) is 3.18. The van der Waals surface area contributed by atoms with E-state index in [-0.39, 0.29) is 0 Å². The lowest BCUT2D eigenvalue weighted by atomic mass is 10.2. The number of anilines is 1. The second-order valence-corrected chi connectivity index (χ2v) is 4.74. The molecule has 4 nitrogen and oxygen atoms in total. The number of aryl methyl sites for hydroxylation is 1. The molecule has 0 saturated heterocycles. The zero-order chi connectivity index (χ0) is 15.1. The largest absolute Gasteiger partial charge is 0.438 e. The van der Waals surface area contributed by atoms with Crippen molar-refractivity contribution in [1.82, 2.24) is 9.97 Å². The van der Waals surface area contributed by atoms with Crippen molar-refractivity contribution in [2.45, 2.75) is 27.2 Å². The fourth-order valence-electron chi connectivity index (χ4n) is 1.91. The smallest absolute Gasteiger partial charge is 0.226 e. The van der Waals surface area contributed by atoms with Gasteiger partial charge in [-0.3, -0.25) is 0 Å². The molecule has 2 aromatic rings. The van der Waals surface area contributed by atoms with Crippen LogP contribution < -0.4 is 10.1 Å². The number of para-hydroxylation sites is 1. The van der Waals surface area contributed by atoms with Crippen molar-refractivity contribution < 1.29 is 4.74 Å². The van der Waals surface area contributed by atoms with E-state index >= 15 is 0 Å². The number of hydrogen-bond donors (Lipinski definition) is 1. The van der Waals surface area contributed by atoms with Crippen LogP contribution in [0, 0.1) is 6.92 Å². The molecular formula is C17H21N3O. The second-order valence-electron chi connectivity index (χ2n) is 4.74. The Kier molecular flexibility index (Phi) is 5.32. The molecule has 0 fully saturated rings. The zero-order valence-corrected chi connectivity index (χ0v) is 12.8. The quantitative estimate of drug-likeness (QED) is 0.851. The molecule has 1 aromatic heterocycles. The minimum Gasteiger partial charge on any atom is -0.438 e. The van der Waals surface area contributed by atoms with Crippen LogP contribution in [0.2, 0.25) is 0 Å². The van der Waals surface area contributed by atoms with Gasteiger partial charge in [-0.15, -0.1) is 0 Å². The summed E-state index contributed by atoms with van der Waals surface area (Å²) in [5.74, 6) is 1.95. The van der Waals surface area contributed by atoms with Crippen LogP contribution in [0.5, 0.6) is 11.6 Å². The topological polar surface area (TPSA) is 47.0 Å². The first-order valence-electron chi connectivity index (χ1n) is 7.22. The molecule has 0 radical (unpaired) electrons. The Labute approximate surface area is 125 Å². The Morgan fingerprint density at radius 2 is 2.05 bits per heavy atom. The number of hydrogen-bond acceptors (Lipinski definition) is 4. The van der Waals surface area contributed by atoms with Gasteiger partial charge in [0.1, 0.15) is 5.75 Å². The Bertz CT molecular complexity index is 623. The third-order valence-electron chi connectivity index (χ3n) is 2.84. The summed E-state index contributed by atoms with van der Waals surface area (Å²) in [6.45, 7) is 6.87. The molecular weight excluding hydrogens is 262 g/mol. The predicted octanol–water partition coefficient (Wildman–Crippen LogP) is 4.43. The van der Waals surface area contributed by atoms with E-state index in [1.807, 2.05) is 56.3 Å². The van der Waals surface area contributed by atoms with Crippen LogP contribution >= 0.6 is 0 Å². The van der Waals surface area contributed by atoms with Crippen molar-refractivity contribution in [3.05, 3.63) is 47.7 Å². The van der Waals surface area contributed by atoms with Gasteiger partial charge in [-0.2, -0.15) is 4.98 Å². The molecule has 0 atom stereocenters. The Morgan fingerprint density at radius 1 is 1.24 bits per heavy atom. The van der Waals surface area contributed by atoms with E-state index < -0.39 is 0 Å². The van der Waals surface area contributed by atoms with E-state index in [9.17, 15) is 0 Å². The van der Waals surface area contributed by atoms with Gasteiger partial charge in [0.15, 0.2) is 0 Å². The van der Waals surface area contributed by atoms with Crippen LogP contribution in [0.25, 0.3) is 6.08 Å². The molecule has 0 amide bonds. The molecule has 21 heavy (non-hydrogen) atoms. The van der Waals surface area contributed by atoms with Crippen LogP contribution in [0.1, 0.15) is 31.5 Å². The highest BCUT2D eigenvalue weighted by molar-refractivity contribution is 5.57. The zero-order valence-electron chi connectivity index (χ0n) is 12.8. The van der Waals surface area contributed by atoms with E-state index in [1.165, 1.54) is 0 Å². The van der Waals surface area contributed by atoms with Crippen LogP contribution in [-0.2, 0) is 0 Å². The summed E-state index contributed by atoms with van der Waals surface area (Å²) in [5.41, 5.74) is 1.90. The average Bonchev–Trinajstić information content (AvgIpc) is 2.47. The molecule has 0 unspecified atom stereocenters. The van der Waals surface area contributed by atoms with Crippen LogP contribution in [-0.4, -0.2) is 16.5 Å². The normalized spacial score (nSPS) is 10.8. The van der Waals surface area contributed by atoms with Gasteiger partial charge in [0.2, 0.25) is 11.8 Å². The maximum absolute atomic E-state index is 5.92. The van der Waals surface area contributed by atoms with Gasteiger partial charge in [-0.25, -0.2) is 4.98 Å². The Morgan fingerprint density at radius 3 is 2.81 bits per heavy atom. The molecule has 0 aliphatic heterocycles. The summed E-state index contributed by atoms with van der Waals surface area (Å²) in [4.78, 5) is 8.75. The number of nitrogens with zero attached hydrogens (tertiary/aromatic N) is 2. The molecule has 4 heteroatoms. The monoisotopic (exact) mass is 283 g/mol. The maximum Gasteiger partial charge on any atom is 0.226 e. The minimum absolute atomic E-state index is 0.554. The molecule has 1 aromatic carbocycles. The summed E-state index contributed by atoms with van der Waals surface area (Å²) in [6, 6.07) is 9.73. The van der Waals surface area contributed by atoms with Gasteiger partial charge in [0.25, 0.3) is 0 Å². The number of benzene rings is 1. The second kappa shape index (κ2) is 7.43. The lowest BCUT2D eigenvalue weighted by molar-refractivity contribution is 0.460. The third-order valence-corrected chi connectivity index (χ3v) is 2.84. The van der Waals surface area contributed by atoms with E-state index in [4.69, 9.17) is 4.74 Å². The van der Waals surface area contributed by atoms with Gasteiger partial charge < -0.3 is 10.1 Å². The fourth-order valence-corrected chi connectivity index (χ4v) is 1.91. The number of aromatic nitrogens is 2. The van der Waals surface area contributed by atoms with Gasteiger partial charge in [0, 0.05) is 23.9 Å². The number of rotatable bonds is 6. The molecule has 1 heterocycles. The first kappa shape index (κ1) is 15.0. The molecule has 2 rings (SSSR count). The van der Waals surface area contributed by atoms with Crippen molar-refractivity contribution in [3.8, 4) is 11.6 Å². The molecule has 0 saturated carbocycles. The first-order valence-corrected chi connectivity index (χ1v) is 7.22. The van der Waals surface area contributed by atoms with Gasteiger partial charge in [0.05, 0.1) is 0 Å². The third kappa shape index (κ3) is 4.31. The molecule has 0 aliphatic carbocycles. The standard InChI is InChI=1S/C17H21N3O/c1-4-8-14-9-6-7-10-15(14)21-16-12-13(3)19-17(20-16)18-11-5-2/h4,6-10,12H,5,11H2,1-3H3,(H,18,19,20)/b8-4+. The number of allylic oxidation sites excluding steroid dienone is 1. The number of ether oxygens (including phenoxy) is 1. The summed E-state index contributed by atoms with van der Waals surface area (Å²) < 4.78 is 5.92.